The summed E-state index contributed by atoms with van der Waals surface area (Å²) < 4.78 is 0. The lowest BCUT2D eigenvalue weighted by Crippen LogP contribution is -2.43. The van der Waals surface area contributed by atoms with Gasteiger partial charge in [-0.25, -0.2) is 0 Å². The van der Waals surface area contributed by atoms with Crippen LogP contribution in [0.1, 0.15) is 35.2 Å². The number of fused-ring (bicyclic) bond motifs is 1. The summed E-state index contributed by atoms with van der Waals surface area (Å²) in [5.41, 5.74) is 6.72. The molecule has 0 fully saturated rings. The first kappa shape index (κ1) is 24.5. The van der Waals surface area contributed by atoms with E-state index in [9.17, 15) is 9.59 Å². The van der Waals surface area contributed by atoms with Gasteiger partial charge in [-0.15, -0.1) is 0 Å². The SMILES string of the molecule is CCc1ccc(NC(=O)C(=O)NCC(c2ccc(N(C)C)cc2)N2CCc3ccccc3C2)cc1. The molecule has 0 spiro atoms. The summed E-state index contributed by atoms with van der Waals surface area (Å²) in [5, 5.41) is 5.58. The largest absolute Gasteiger partial charge is 0.378 e. The summed E-state index contributed by atoms with van der Waals surface area (Å²) in [6.07, 6.45) is 1.89. The molecule has 2 N–H and O–H groups in total. The van der Waals surface area contributed by atoms with Crippen LogP contribution >= 0.6 is 0 Å². The third kappa shape index (κ3) is 6.08. The Morgan fingerprint density at radius 1 is 0.914 bits per heavy atom. The van der Waals surface area contributed by atoms with Crippen LogP contribution in [-0.2, 0) is 29.0 Å². The summed E-state index contributed by atoms with van der Waals surface area (Å²) in [5.74, 6) is -1.28. The molecule has 35 heavy (non-hydrogen) atoms. The number of carbonyl (C=O) groups is 2. The molecule has 4 rings (SSSR count). The van der Waals surface area contributed by atoms with E-state index in [1.807, 2.05) is 38.4 Å². The minimum atomic E-state index is -0.653. The Hall–Kier alpha value is -3.64. The second-order valence-corrected chi connectivity index (χ2v) is 9.21. The van der Waals surface area contributed by atoms with Gasteiger partial charge in [0.25, 0.3) is 0 Å². The van der Waals surface area contributed by atoms with E-state index < -0.39 is 11.8 Å². The van der Waals surface area contributed by atoms with E-state index in [4.69, 9.17) is 0 Å². The first-order chi connectivity index (χ1) is 16.9. The Morgan fingerprint density at radius 3 is 2.26 bits per heavy atom. The first-order valence-electron chi connectivity index (χ1n) is 12.2. The van der Waals surface area contributed by atoms with E-state index >= 15 is 0 Å². The van der Waals surface area contributed by atoms with Gasteiger partial charge in [-0.2, -0.15) is 0 Å². The Bertz CT molecular complexity index is 1160. The van der Waals surface area contributed by atoms with Crippen LogP contribution in [0.15, 0.2) is 72.8 Å². The second kappa shape index (κ2) is 11.2. The Balaban J connectivity index is 1.46. The van der Waals surface area contributed by atoms with Gasteiger partial charge in [0.2, 0.25) is 0 Å². The molecule has 0 aliphatic carbocycles. The van der Waals surface area contributed by atoms with E-state index in [0.717, 1.165) is 37.2 Å². The molecule has 0 saturated heterocycles. The van der Waals surface area contributed by atoms with Crippen LogP contribution in [0.5, 0.6) is 0 Å². The lowest BCUT2D eigenvalue weighted by molar-refractivity contribution is -0.136. The fraction of sp³-hybridized carbons (Fsp3) is 0.310. The van der Waals surface area contributed by atoms with Crippen molar-refractivity contribution in [3.8, 4) is 0 Å². The van der Waals surface area contributed by atoms with Crippen LogP contribution in [0.2, 0.25) is 0 Å². The van der Waals surface area contributed by atoms with Crippen molar-refractivity contribution >= 4 is 23.2 Å². The third-order valence-corrected chi connectivity index (χ3v) is 6.68. The van der Waals surface area contributed by atoms with Crippen molar-refractivity contribution in [3.63, 3.8) is 0 Å². The molecule has 0 bridgehead atoms. The van der Waals surface area contributed by atoms with Gasteiger partial charge in [-0.05, 0) is 59.4 Å². The van der Waals surface area contributed by atoms with Crippen molar-refractivity contribution in [3.05, 3.63) is 95.1 Å². The van der Waals surface area contributed by atoms with Crippen LogP contribution in [0.4, 0.5) is 11.4 Å². The van der Waals surface area contributed by atoms with Crippen molar-refractivity contribution in [2.24, 2.45) is 0 Å². The molecule has 1 aliphatic rings. The van der Waals surface area contributed by atoms with Crippen molar-refractivity contribution in [2.45, 2.75) is 32.4 Å². The van der Waals surface area contributed by atoms with Crippen LogP contribution in [0, 0.1) is 0 Å². The highest BCUT2D eigenvalue weighted by atomic mass is 16.2. The number of rotatable bonds is 7. The second-order valence-electron chi connectivity index (χ2n) is 9.21. The van der Waals surface area contributed by atoms with Crippen LogP contribution in [0.3, 0.4) is 0 Å². The molecule has 6 heteroatoms. The minimum absolute atomic E-state index is 0.0415. The van der Waals surface area contributed by atoms with Gasteiger partial charge in [-0.3, -0.25) is 14.5 Å². The van der Waals surface area contributed by atoms with E-state index in [0.29, 0.717) is 12.2 Å². The predicted octanol–water partition coefficient (Wildman–Crippen LogP) is 4.17. The van der Waals surface area contributed by atoms with E-state index in [1.54, 1.807) is 0 Å². The van der Waals surface area contributed by atoms with Crippen LogP contribution in [-0.4, -0.2) is 43.9 Å². The summed E-state index contributed by atoms with van der Waals surface area (Å²) in [6.45, 7) is 4.13. The number of aryl methyl sites for hydroxylation is 1. The quantitative estimate of drug-likeness (QED) is 0.509. The van der Waals surface area contributed by atoms with E-state index in [1.165, 1.54) is 16.7 Å². The zero-order chi connectivity index (χ0) is 24.8. The number of benzene rings is 3. The highest BCUT2D eigenvalue weighted by molar-refractivity contribution is 6.39. The van der Waals surface area contributed by atoms with Crippen LogP contribution < -0.4 is 15.5 Å². The average Bonchev–Trinajstić information content (AvgIpc) is 2.89. The van der Waals surface area contributed by atoms with Gasteiger partial charge in [0.1, 0.15) is 0 Å². The highest BCUT2D eigenvalue weighted by Gasteiger charge is 2.26. The number of carbonyl (C=O) groups excluding carboxylic acids is 2. The molecular weight excluding hydrogens is 436 g/mol. The standard InChI is InChI=1S/C29H34N4O2/c1-4-21-9-13-25(14-10-21)31-29(35)28(34)30-19-27(23-11-15-26(16-12-23)32(2)3)33-18-17-22-7-5-6-8-24(22)20-33/h5-16,27H,4,17-20H2,1-3H3,(H,30,34)(H,31,35). The molecule has 0 aromatic heterocycles. The van der Waals surface area contributed by atoms with E-state index in [2.05, 4.69) is 75.9 Å². The summed E-state index contributed by atoms with van der Waals surface area (Å²) in [7, 11) is 4.03. The molecule has 1 atom stereocenters. The molecule has 1 aliphatic heterocycles. The molecule has 182 valence electrons. The van der Waals surface area contributed by atoms with Crippen molar-refractivity contribution in [1.29, 1.82) is 0 Å². The number of anilines is 2. The normalized spacial score (nSPS) is 14.0. The maximum Gasteiger partial charge on any atom is 0.313 e. The highest BCUT2D eigenvalue weighted by Crippen LogP contribution is 2.28. The van der Waals surface area contributed by atoms with E-state index in [-0.39, 0.29) is 6.04 Å². The first-order valence-corrected chi connectivity index (χ1v) is 12.2. The number of nitrogens with one attached hydrogen (secondary N) is 2. The summed E-state index contributed by atoms with van der Waals surface area (Å²) in [4.78, 5) is 29.7. The fourth-order valence-corrected chi connectivity index (χ4v) is 4.52. The molecular formula is C29H34N4O2. The molecule has 6 nitrogen and oxygen atoms in total. The number of hydrogen-bond acceptors (Lipinski definition) is 4. The number of hydrogen-bond donors (Lipinski definition) is 2. The molecule has 2 amide bonds. The monoisotopic (exact) mass is 470 g/mol. The lowest BCUT2D eigenvalue weighted by atomic mass is 9.96. The smallest absolute Gasteiger partial charge is 0.313 e. The molecule has 0 radical (unpaired) electrons. The zero-order valence-electron chi connectivity index (χ0n) is 20.8. The average molecular weight is 471 g/mol. The molecule has 1 unspecified atom stereocenters. The fourth-order valence-electron chi connectivity index (χ4n) is 4.52. The summed E-state index contributed by atoms with van der Waals surface area (Å²) >= 11 is 0. The molecule has 0 saturated carbocycles. The maximum absolute atomic E-state index is 12.7. The van der Waals surface area contributed by atoms with Crippen molar-refractivity contribution in [2.75, 3.05) is 37.4 Å². The maximum atomic E-state index is 12.7. The predicted molar refractivity (Wildman–Crippen MR) is 142 cm³/mol. The van der Waals surface area contributed by atoms with Gasteiger partial charge in [0.15, 0.2) is 0 Å². The number of amides is 2. The molecule has 3 aromatic carbocycles. The van der Waals surface area contributed by atoms with Gasteiger partial charge in [-0.1, -0.05) is 55.5 Å². The lowest BCUT2D eigenvalue weighted by Gasteiger charge is -2.36. The topological polar surface area (TPSA) is 64.7 Å². The van der Waals surface area contributed by atoms with Gasteiger partial charge in [0, 0.05) is 45.1 Å². The zero-order valence-corrected chi connectivity index (χ0v) is 20.8. The van der Waals surface area contributed by atoms with Gasteiger partial charge >= 0.3 is 11.8 Å². The van der Waals surface area contributed by atoms with Crippen molar-refractivity contribution in [1.82, 2.24) is 10.2 Å². The van der Waals surface area contributed by atoms with Gasteiger partial charge < -0.3 is 15.5 Å². The van der Waals surface area contributed by atoms with Crippen molar-refractivity contribution < 1.29 is 9.59 Å². The Morgan fingerprint density at radius 2 is 1.60 bits per heavy atom. The van der Waals surface area contributed by atoms with Crippen LogP contribution in [0.25, 0.3) is 0 Å². The minimum Gasteiger partial charge on any atom is -0.378 e. The van der Waals surface area contributed by atoms with Gasteiger partial charge in [0.05, 0.1) is 6.04 Å². The molecule has 3 aromatic rings. The summed E-state index contributed by atoms with van der Waals surface area (Å²) in [6, 6.07) is 24.4. The number of nitrogens with zero attached hydrogens (tertiary/aromatic N) is 2. The Kier molecular flexibility index (Phi) is 7.83. The molecule has 1 heterocycles. The Labute approximate surface area is 207 Å². The third-order valence-electron chi connectivity index (χ3n) is 6.68.